The molecule has 1 fully saturated rings. The summed E-state index contributed by atoms with van der Waals surface area (Å²) in [6.45, 7) is 2.33. The van der Waals surface area contributed by atoms with E-state index in [1.54, 1.807) is 11.8 Å². The third-order valence-electron chi connectivity index (χ3n) is 3.02. The third-order valence-corrected chi connectivity index (χ3v) is 3.66. The number of amides is 1. The van der Waals surface area contributed by atoms with Gasteiger partial charge >= 0.3 is 35.5 Å². The number of piperazine rings is 1. The molecular formula is C11H20N5NaO5S. The van der Waals surface area contributed by atoms with Gasteiger partial charge in [-0.1, -0.05) is 0 Å². The molecule has 0 spiro atoms. The summed E-state index contributed by atoms with van der Waals surface area (Å²) >= 11 is 1.57. The van der Waals surface area contributed by atoms with Gasteiger partial charge in [-0.3, -0.25) is 4.79 Å². The second-order valence-corrected chi connectivity index (χ2v) is 5.65. The first-order chi connectivity index (χ1) is 10.5. The van der Waals surface area contributed by atoms with E-state index in [1.807, 2.05) is 6.26 Å². The summed E-state index contributed by atoms with van der Waals surface area (Å²) in [5, 5.41) is 28.6. The maximum Gasteiger partial charge on any atom is 1.00 e. The Balaban J connectivity index is 0.00000484. The minimum atomic E-state index is -0.698. The molecule has 1 amide bonds. The minimum Gasteiger partial charge on any atom is -0.737 e. The van der Waals surface area contributed by atoms with Gasteiger partial charge in [0, 0.05) is 11.9 Å². The van der Waals surface area contributed by atoms with Crippen LogP contribution in [0, 0.1) is 10.4 Å². The Hall–Kier alpha value is -0.750. The molecule has 0 aliphatic carbocycles. The average Bonchev–Trinajstić information content (AvgIpc) is 2.50. The molecule has 1 aliphatic heterocycles. The van der Waals surface area contributed by atoms with Crippen LogP contribution in [0.1, 0.15) is 13.3 Å². The molecule has 0 bridgehead atoms. The standard InChI is InChI=1S/C11H21N5O5S.Na/c1-9(17)12-10(3-8-22-2)11(18)21-15-6-4-14(5-7-15)16(20)13-19;/h10,19H,3-8H2,1-2H3,(H,12,17);/q;+1/p-1/b16-13-;. The molecule has 0 aromatic rings. The average molecular weight is 357 g/mol. The smallest absolute Gasteiger partial charge is 0.737 e. The Morgan fingerprint density at radius 3 is 2.48 bits per heavy atom. The normalized spacial score (nSPS) is 17.1. The van der Waals surface area contributed by atoms with Crippen molar-refractivity contribution in [3.05, 3.63) is 10.4 Å². The van der Waals surface area contributed by atoms with Crippen LogP contribution in [0.5, 0.6) is 0 Å². The molecule has 10 nitrogen and oxygen atoms in total. The van der Waals surface area contributed by atoms with Crippen LogP contribution < -0.4 is 34.9 Å². The summed E-state index contributed by atoms with van der Waals surface area (Å²) in [7, 11) is 0. The summed E-state index contributed by atoms with van der Waals surface area (Å²) in [5.41, 5.74) is 0. The van der Waals surface area contributed by atoms with Gasteiger partial charge in [0.25, 0.3) is 0 Å². The molecule has 126 valence electrons. The molecule has 1 N–H and O–H groups in total. The fraction of sp³-hybridized carbons (Fsp3) is 0.818. The molecule has 1 aliphatic rings. The number of hydrazine groups is 1. The number of hydroxylamine groups is 2. The van der Waals surface area contributed by atoms with Crippen LogP contribution in [0.25, 0.3) is 0 Å². The molecule has 12 heteroatoms. The zero-order valence-electron chi connectivity index (χ0n) is 13.6. The maximum absolute atomic E-state index is 12.1. The van der Waals surface area contributed by atoms with Crippen LogP contribution in [0.15, 0.2) is 5.28 Å². The zero-order chi connectivity index (χ0) is 16.5. The van der Waals surface area contributed by atoms with E-state index in [-0.39, 0.29) is 66.6 Å². The van der Waals surface area contributed by atoms with E-state index in [0.29, 0.717) is 12.2 Å². The summed E-state index contributed by atoms with van der Waals surface area (Å²) in [5.74, 6) is -0.124. The van der Waals surface area contributed by atoms with Crippen LogP contribution in [0.4, 0.5) is 0 Å². The Labute approximate surface area is 161 Å². The summed E-state index contributed by atoms with van der Waals surface area (Å²) in [6, 6.07) is -0.698. The SMILES string of the molecule is CSCCC(NC(C)=O)C(=O)ON1CCN(/[N+]([O-])=N/[O-])CC1.[Na+]. The van der Waals surface area contributed by atoms with Crippen LogP contribution in [0.2, 0.25) is 0 Å². The predicted octanol–water partition coefficient (Wildman–Crippen LogP) is -3.30. The number of rotatable bonds is 7. The van der Waals surface area contributed by atoms with E-state index < -0.39 is 12.0 Å². The molecule has 1 saturated heterocycles. The second-order valence-electron chi connectivity index (χ2n) is 4.66. The topological polar surface area (TPSA) is 123 Å². The van der Waals surface area contributed by atoms with Crippen LogP contribution in [-0.4, -0.2) is 71.1 Å². The van der Waals surface area contributed by atoms with Crippen molar-refractivity contribution in [2.75, 3.05) is 38.2 Å². The van der Waals surface area contributed by atoms with E-state index >= 15 is 0 Å². The third kappa shape index (κ3) is 8.06. The van der Waals surface area contributed by atoms with Crippen LogP contribution >= 0.6 is 11.8 Å². The number of hydrogen-bond acceptors (Lipinski definition) is 8. The first kappa shape index (κ1) is 22.2. The fourth-order valence-electron chi connectivity index (χ4n) is 1.91. The molecule has 0 aromatic carbocycles. The van der Waals surface area contributed by atoms with Crippen molar-refractivity contribution >= 4 is 23.6 Å². The van der Waals surface area contributed by atoms with Gasteiger partial charge in [0.2, 0.25) is 5.91 Å². The molecule has 0 radical (unpaired) electrons. The predicted molar refractivity (Wildman–Crippen MR) is 79.3 cm³/mol. The van der Waals surface area contributed by atoms with Gasteiger partial charge in [0.1, 0.15) is 6.04 Å². The van der Waals surface area contributed by atoms with E-state index in [9.17, 15) is 20.0 Å². The van der Waals surface area contributed by atoms with Gasteiger partial charge in [-0.25, -0.2) is 4.79 Å². The monoisotopic (exact) mass is 357 g/mol. The quantitative estimate of drug-likeness (QED) is 0.218. The number of carbonyl (C=O) groups excluding carboxylic acids is 2. The molecule has 1 rings (SSSR count). The number of nitrogens with one attached hydrogen (secondary N) is 1. The second kappa shape index (κ2) is 11.7. The Kier molecular flexibility index (Phi) is 11.4. The van der Waals surface area contributed by atoms with Crippen molar-refractivity contribution in [3.63, 3.8) is 0 Å². The first-order valence-electron chi connectivity index (χ1n) is 6.76. The number of thioether (sulfide) groups is 1. The van der Waals surface area contributed by atoms with Gasteiger partial charge in [-0.2, -0.15) is 11.8 Å². The zero-order valence-corrected chi connectivity index (χ0v) is 16.4. The summed E-state index contributed by atoms with van der Waals surface area (Å²) in [6.07, 6.45) is 2.38. The van der Waals surface area contributed by atoms with Gasteiger partial charge in [-0.15, -0.1) is 10.1 Å². The largest absolute Gasteiger partial charge is 1.00 e. The molecule has 1 atom stereocenters. The van der Waals surface area contributed by atoms with Crippen LogP contribution in [0.3, 0.4) is 0 Å². The summed E-state index contributed by atoms with van der Waals surface area (Å²) in [4.78, 5) is 28.4. The molecular weight excluding hydrogens is 337 g/mol. The van der Waals surface area contributed by atoms with Crippen LogP contribution in [-0.2, 0) is 14.4 Å². The Morgan fingerprint density at radius 1 is 1.39 bits per heavy atom. The van der Waals surface area contributed by atoms with Gasteiger partial charge in [-0.05, 0) is 23.7 Å². The van der Waals surface area contributed by atoms with Gasteiger partial charge in [0.15, 0.2) is 0 Å². The first-order valence-corrected chi connectivity index (χ1v) is 8.15. The molecule has 0 aromatic heterocycles. The summed E-state index contributed by atoms with van der Waals surface area (Å²) < 4.78 is 0. The Morgan fingerprint density at radius 2 is 2.00 bits per heavy atom. The number of hydrogen-bond donors (Lipinski definition) is 1. The van der Waals surface area contributed by atoms with Crippen molar-refractivity contribution in [1.82, 2.24) is 15.4 Å². The molecule has 23 heavy (non-hydrogen) atoms. The van der Waals surface area contributed by atoms with E-state index in [1.165, 1.54) is 17.0 Å². The van der Waals surface area contributed by atoms with Crippen molar-refractivity contribution in [3.8, 4) is 0 Å². The molecule has 0 saturated carbocycles. The van der Waals surface area contributed by atoms with E-state index in [0.717, 1.165) is 0 Å². The minimum absolute atomic E-state index is 0. The molecule has 1 heterocycles. The molecule has 1 unspecified atom stereocenters. The number of carbonyl (C=O) groups is 2. The van der Waals surface area contributed by atoms with E-state index in [4.69, 9.17) is 4.84 Å². The van der Waals surface area contributed by atoms with Crippen molar-refractivity contribution in [2.24, 2.45) is 5.28 Å². The van der Waals surface area contributed by atoms with E-state index in [2.05, 4.69) is 10.6 Å². The van der Waals surface area contributed by atoms with Crippen molar-refractivity contribution in [2.45, 2.75) is 19.4 Å². The fourth-order valence-corrected chi connectivity index (χ4v) is 2.38. The van der Waals surface area contributed by atoms with Crippen molar-refractivity contribution < 1.29 is 49.0 Å². The van der Waals surface area contributed by atoms with Crippen molar-refractivity contribution in [1.29, 1.82) is 0 Å². The Bertz CT molecular complexity index is 420. The number of nitrogens with zero attached hydrogens (tertiary/aromatic N) is 4. The maximum atomic E-state index is 12.1. The van der Waals surface area contributed by atoms with Gasteiger partial charge < -0.3 is 20.6 Å². The van der Waals surface area contributed by atoms with Gasteiger partial charge in [0.05, 0.1) is 26.2 Å².